The van der Waals surface area contributed by atoms with Crippen LogP contribution in [0, 0.1) is 0 Å². The molecule has 1 heterocycles. The highest BCUT2D eigenvalue weighted by Gasteiger charge is 2.41. The monoisotopic (exact) mass is 295 g/mol. The van der Waals surface area contributed by atoms with Gasteiger partial charge in [0.25, 0.3) is 0 Å². The summed E-state index contributed by atoms with van der Waals surface area (Å²) in [7, 11) is 0. The second-order valence-corrected chi connectivity index (χ2v) is 4.64. The number of hydrogen-bond donors (Lipinski definition) is 3. The van der Waals surface area contributed by atoms with E-state index in [9.17, 15) is 15.0 Å². The predicted molar refractivity (Wildman–Crippen MR) is 73.1 cm³/mol. The summed E-state index contributed by atoms with van der Waals surface area (Å²) < 4.78 is 10.3. The highest BCUT2D eigenvalue weighted by Crippen LogP contribution is 2.23. The van der Waals surface area contributed by atoms with Crippen molar-refractivity contribution in [2.75, 3.05) is 6.61 Å². The van der Waals surface area contributed by atoms with Gasteiger partial charge in [0.1, 0.15) is 24.1 Å². The number of carbonyl (C=O) groups is 1. The molecule has 7 nitrogen and oxygen atoms in total. The van der Waals surface area contributed by atoms with Crippen LogP contribution in [0.25, 0.3) is 0 Å². The lowest BCUT2D eigenvalue weighted by Gasteiger charge is -2.10. The van der Waals surface area contributed by atoms with Crippen molar-refractivity contribution in [1.82, 2.24) is 0 Å². The molecule has 3 N–H and O–H groups in total. The number of aliphatic imine (C=N–C) groups is 1. The highest BCUT2D eigenvalue weighted by molar-refractivity contribution is 5.85. The molecule has 0 aliphatic carbocycles. The van der Waals surface area contributed by atoms with Gasteiger partial charge in [-0.05, 0) is 12.1 Å². The van der Waals surface area contributed by atoms with Gasteiger partial charge in [-0.2, -0.15) is 0 Å². The van der Waals surface area contributed by atoms with Crippen LogP contribution in [0.15, 0.2) is 29.3 Å². The number of carbonyl (C=O) groups excluding carboxylic acids is 1. The molecule has 114 valence electrons. The molecule has 21 heavy (non-hydrogen) atoms. The molecule has 0 spiro atoms. The number of ether oxygens (including phenoxy) is 2. The molecule has 1 aromatic rings. The Balaban J connectivity index is 2.13. The average Bonchev–Trinajstić information content (AvgIpc) is 2.73. The zero-order valence-electron chi connectivity index (χ0n) is 11.4. The SMILES string of the molecule is CC(=O)Oc1ccccc1C=NC1O[C@H](CO)[C@@H](O)[C@H]1O. The first-order chi connectivity index (χ1) is 10.0. The van der Waals surface area contributed by atoms with Gasteiger partial charge in [-0.3, -0.25) is 9.79 Å². The van der Waals surface area contributed by atoms with Gasteiger partial charge >= 0.3 is 5.97 Å². The average molecular weight is 295 g/mol. The topological polar surface area (TPSA) is 109 Å². The maximum atomic E-state index is 11.0. The second kappa shape index (κ2) is 6.77. The molecular formula is C14H17NO6. The van der Waals surface area contributed by atoms with Crippen molar-refractivity contribution in [3.63, 3.8) is 0 Å². The molecule has 0 amide bonds. The molecule has 0 saturated carbocycles. The third-order valence-electron chi connectivity index (χ3n) is 3.05. The maximum Gasteiger partial charge on any atom is 0.308 e. The first kappa shape index (κ1) is 15.6. The number of para-hydroxylation sites is 1. The molecular weight excluding hydrogens is 278 g/mol. The predicted octanol–water partition coefficient (Wildman–Crippen LogP) is -0.530. The molecule has 1 aromatic carbocycles. The van der Waals surface area contributed by atoms with Crippen molar-refractivity contribution in [2.24, 2.45) is 4.99 Å². The van der Waals surface area contributed by atoms with Gasteiger partial charge < -0.3 is 24.8 Å². The van der Waals surface area contributed by atoms with Crippen LogP contribution >= 0.6 is 0 Å². The normalized spacial score (nSPS) is 29.0. The fourth-order valence-corrected chi connectivity index (χ4v) is 1.99. The molecule has 1 fully saturated rings. The largest absolute Gasteiger partial charge is 0.426 e. The van der Waals surface area contributed by atoms with Crippen LogP contribution in [0.4, 0.5) is 0 Å². The number of benzene rings is 1. The van der Waals surface area contributed by atoms with E-state index >= 15 is 0 Å². The van der Waals surface area contributed by atoms with E-state index < -0.39 is 37.1 Å². The van der Waals surface area contributed by atoms with E-state index in [0.717, 1.165) is 0 Å². The minimum atomic E-state index is -1.22. The second-order valence-electron chi connectivity index (χ2n) is 4.64. The van der Waals surface area contributed by atoms with Crippen LogP contribution in [0.2, 0.25) is 0 Å². The number of aliphatic hydroxyl groups is 3. The summed E-state index contributed by atoms with van der Waals surface area (Å²) in [6.07, 6.45) is -2.88. The van der Waals surface area contributed by atoms with Crippen LogP contribution in [0.5, 0.6) is 5.75 Å². The summed E-state index contributed by atoms with van der Waals surface area (Å²) in [4.78, 5) is 15.0. The van der Waals surface area contributed by atoms with Crippen LogP contribution in [-0.2, 0) is 9.53 Å². The number of hydrogen-bond acceptors (Lipinski definition) is 7. The van der Waals surface area contributed by atoms with Gasteiger partial charge in [-0.15, -0.1) is 0 Å². The van der Waals surface area contributed by atoms with Gasteiger partial charge in [0, 0.05) is 18.7 Å². The molecule has 2 rings (SSSR count). The maximum absolute atomic E-state index is 11.0. The molecule has 4 atom stereocenters. The molecule has 0 bridgehead atoms. The lowest BCUT2D eigenvalue weighted by atomic mass is 10.1. The van der Waals surface area contributed by atoms with Crippen LogP contribution in [0.3, 0.4) is 0 Å². The lowest BCUT2D eigenvalue weighted by molar-refractivity contribution is -0.131. The summed E-state index contributed by atoms with van der Waals surface area (Å²) in [5, 5.41) is 28.4. The van der Waals surface area contributed by atoms with E-state index in [-0.39, 0.29) is 0 Å². The quantitative estimate of drug-likeness (QED) is 0.391. The van der Waals surface area contributed by atoms with Crippen LogP contribution in [0.1, 0.15) is 12.5 Å². The first-order valence-electron chi connectivity index (χ1n) is 6.46. The van der Waals surface area contributed by atoms with Crippen molar-refractivity contribution < 1.29 is 29.6 Å². The molecule has 0 radical (unpaired) electrons. The summed E-state index contributed by atoms with van der Waals surface area (Å²) in [6.45, 7) is 0.883. The van der Waals surface area contributed by atoms with E-state index in [1.807, 2.05) is 0 Å². The van der Waals surface area contributed by atoms with E-state index in [4.69, 9.17) is 14.6 Å². The Bertz CT molecular complexity index is 532. The fourth-order valence-electron chi connectivity index (χ4n) is 1.99. The van der Waals surface area contributed by atoms with Gasteiger partial charge in [0.2, 0.25) is 0 Å². The minimum Gasteiger partial charge on any atom is -0.426 e. The summed E-state index contributed by atoms with van der Waals surface area (Å²) in [6, 6.07) is 6.75. The number of aliphatic hydroxyl groups excluding tert-OH is 3. The van der Waals surface area contributed by atoms with Crippen molar-refractivity contribution in [3.05, 3.63) is 29.8 Å². The number of esters is 1. The molecule has 1 unspecified atom stereocenters. The van der Waals surface area contributed by atoms with Crippen molar-refractivity contribution in [1.29, 1.82) is 0 Å². The smallest absolute Gasteiger partial charge is 0.308 e. The molecule has 0 aromatic heterocycles. The van der Waals surface area contributed by atoms with Crippen molar-refractivity contribution in [3.8, 4) is 5.75 Å². The lowest BCUT2D eigenvalue weighted by Crippen LogP contribution is -2.33. The van der Waals surface area contributed by atoms with E-state index in [1.165, 1.54) is 13.1 Å². The Morgan fingerprint density at radius 3 is 2.71 bits per heavy atom. The third kappa shape index (κ3) is 3.64. The minimum absolute atomic E-state index is 0.334. The van der Waals surface area contributed by atoms with Crippen LogP contribution in [-0.4, -0.2) is 58.7 Å². The Morgan fingerprint density at radius 2 is 2.10 bits per heavy atom. The van der Waals surface area contributed by atoms with E-state index in [0.29, 0.717) is 11.3 Å². The molecule has 1 saturated heterocycles. The fraction of sp³-hybridized carbons (Fsp3) is 0.429. The summed E-state index contributed by atoms with van der Waals surface area (Å²) in [5.74, 6) is -0.121. The van der Waals surface area contributed by atoms with Crippen molar-refractivity contribution in [2.45, 2.75) is 31.5 Å². The van der Waals surface area contributed by atoms with Gasteiger partial charge in [0.05, 0.1) is 6.61 Å². The van der Waals surface area contributed by atoms with Crippen molar-refractivity contribution >= 4 is 12.2 Å². The standard InChI is InChI=1S/C14H17NO6/c1-8(17)20-10-5-3-2-4-9(10)6-15-14-13(19)12(18)11(7-16)21-14/h2-6,11-14,16,18-19H,7H2,1H3/t11-,12-,13-,14?/m1/s1. The zero-order valence-corrected chi connectivity index (χ0v) is 11.4. The van der Waals surface area contributed by atoms with Gasteiger partial charge in [0.15, 0.2) is 6.23 Å². The Labute approximate surface area is 121 Å². The number of nitrogens with zero attached hydrogens (tertiary/aromatic N) is 1. The molecule has 7 heteroatoms. The Hall–Kier alpha value is -1.80. The zero-order chi connectivity index (χ0) is 15.4. The number of rotatable bonds is 4. The first-order valence-corrected chi connectivity index (χ1v) is 6.46. The van der Waals surface area contributed by atoms with E-state index in [2.05, 4.69) is 4.99 Å². The van der Waals surface area contributed by atoms with E-state index in [1.54, 1.807) is 24.3 Å². The van der Waals surface area contributed by atoms with Crippen LogP contribution < -0.4 is 4.74 Å². The summed E-state index contributed by atoms with van der Waals surface area (Å²) in [5.41, 5.74) is 0.533. The highest BCUT2D eigenvalue weighted by atomic mass is 16.6. The third-order valence-corrected chi connectivity index (χ3v) is 3.05. The Kier molecular flexibility index (Phi) is 5.03. The van der Waals surface area contributed by atoms with Gasteiger partial charge in [-0.25, -0.2) is 0 Å². The Morgan fingerprint density at radius 1 is 1.38 bits per heavy atom. The van der Waals surface area contributed by atoms with Gasteiger partial charge in [-0.1, -0.05) is 12.1 Å². The summed E-state index contributed by atoms with van der Waals surface area (Å²) >= 11 is 0. The molecule has 1 aliphatic rings. The molecule has 1 aliphatic heterocycles.